The normalized spacial score (nSPS) is 32.5. The second kappa shape index (κ2) is 2.96. The molecule has 1 aliphatic heterocycles. The molecule has 0 aromatic heterocycles. The minimum absolute atomic E-state index is 0.0982. The molecule has 0 aromatic rings. The maximum Gasteiger partial charge on any atom is 0.320 e. The van der Waals surface area contributed by atoms with E-state index in [4.69, 9.17) is 10.9 Å². The number of hydrogen-bond donors (Lipinski definition) is 4. The molecule has 10 heavy (non-hydrogen) atoms. The first-order valence-corrected chi connectivity index (χ1v) is 3.16. The minimum atomic E-state index is -0.808. The third-order valence-corrected chi connectivity index (χ3v) is 1.66. The quantitative estimate of drug-likeness (QED) is 0.274. The molecule has 1 saturated heterocycles. The first-order valence-electron chi connectivity index (χ1n) is 3.16. The lowest BCUT2D eigenvalue weighted by molar-refractivity contribution is -0.139. The summed E-state index contributed by atoms with van der Waals surface area (Å²) >= 11 is 0. The summed E-state index contributed by atoms with van der Waals surface area (Å²) in [6.45, 7) is 0.632. The lowest BCUT2D eigenvalue weighted by Crippen LogP contribution is -2.36. The molecule has 1 rings (SSSR count). The van der Waals surface area contributed by atoms with Gasteiger partial charge in [0.15, 0.2) is 0 Å². The first-order chi connectivity index (χ1) is 4.74. The van der Waals surface area contributed by atoms with Crippen molar-refractivity contribution < 1.29 is 9.90 Å². The van der Waals surface area contributed by atoms with Crippen molar-refractivity contribution in [1.29, 1.82) is 0 Å². The predicted molar refractivity (Wildman–Crippen MR) is 35.2 cm³/mol. The molecule has 0 saturated carbocycles. The van der Waals surface area contributed by atoms with Gasteiger partial charge in [0.2, 0.25) is 0 Å². The van der Waals surface area contributed by atoms with Crippen LogP contribution in [-0.4, -0.2) is 29.7 Å². The molecule has 1 unspecified atom stereocenters. The van der Waals surface area contributed by atoms with E-state index < -0.39 is 12.0 Å². The van der Waals surface area contributed by atoms with E-state index in [9.17, 15) is 4.79 Å². The zero-order valence-electron chi connectivity index (χ0n) is 5.50. The molecule has 5 N–H and O–H groups in total. The van der Waals surface area contributed by atoms with E-state index in [1.54, 1.807) is 0 Å². The van der Waals surface area contributed by atoms with Gasteiger partial charge in [0.1, 0.15) is 6.04 Å². The molecule has 0 radical (unpaired) electrons. The Morgan fingerprint density at radius 2 is 2.50 bits per heavy atom. The van der Waals surface area contributed by atoms with Crippen molar-refractivity contribution in [1.82, 2.24) is 10.7 Å². The Morgan fingerprint density at radius 1 is 1.80 bits per heavy atom. The molecule has 5 nitrogen and oxygen atoms in total. The van der Waals surface area contributed by atoms with Gasteiger partial charge in [0, 0.05) is 12.6 Å². The van der Waals surface area contributed by atoms with Crippen LogP contribution in [0.25, 0.3) is 0 Å². The molecule has 1 aliphatic rings. The van der Waals surface area contributed by atoms with Gasteiger partial charge in [-0.2, -0.15) is 0 Å². The van der Waals surface area contributed by atoms with Crippen molar-refractivity contribution in [2.45, 2.75) is 18.5 Å². The number of hydrogen-bond acceptors (Lipinski definition) is 4. The van der Waals surface area contributed by atoms with E-state index in [1.165, 1.54) is 0 Å². The second-order valence-electron chi connectivity index (χ2n) is 2.40. The average Bonchev–Trinajstić information content (AvgIpc) is 2.34. The third-order valence-electron chi connectivity index (χ3n) is 1.66. The molecule has 1 fully saturated rings. The third kappa shape index (κ3) is 1.44. The highest BCUT2D eigenvalue weighted by molar-refractivity contribution is 5.73. The maximum atomic E-state index is 10.3. The minimum Gasteiger partial charge on any atom is -0.480 e. The van der Waals surface area contributed by atoms with Crippen LogP contribution < -0.4 is 16.6 Å². The number of carboxylic acid groups (broad SMARTS) is 1. The van der Waals surface area contributed by atoms with Gasteiger partial charge >= 0.3 is 5.97 Å². The van der Waals surface area contributed by atoms with Crippen LogP contribution in [0, 0.1) is 0 Å². The average molecular weight is 145 g/mol. The Balaban J connectivity index is 2.35. The van der Waals surface area contributed by atoms with E-state index in [-0.39, 0.29) is 6.04 Å². The van der Waals surface area contributed by atoms with E-state index >= 15 is 0 Å². The smallest absolute Gasteiger partial charge is 0.320 e. The Bertz CT molecular complexity index is 139. The lowest BCUT2D eigenvalue weighted by Gasteiger charge is -2.03. The molecule has 58 valence electrons. The van der Waals surface area contributed by atoms with Gasteiger partial charge in [-0.15, -0.1) is 0 Å². The van der Waals surface area contributed by atoms with Gasteiger partial charge in [-0.25, -0.2) is 0 Å². The van der Waals surface area contributed by atoms with E-state index in [2.05, 4.69) is 10.7 Å². The highest BCUT2D eigenvalue weighted by Gasteiger charge is 2.27. The van der Waals surface area contributed by atoms with Crippen LogP contribution in [-0.2, 0) is 4.79 Å². The van der Waals surface area contributed by atoms with Gasteiger partial charge in [0.25, 0.3) is 0 Å². The fraction of sp³-hybridized carbons (Fsp3) is 0.800. The maximum absolute atomic E-state index is 10.3. The molecule has 1 heterocycles. The molecular formula is C5H11N3O2. The van der Waals surface area contributed by atoms with Gasteiger partial charge in [-0.3, -0.25) is 16.1 Å². The van der Waals surface area contributed by atoms with Crippen LogP contribution in [0.5, 0.6) is 0 Å². The highest BCUT2D eigenvalue weighted by atomic mass is 16.4. The van der Waals surface area contributed by atoms with Crippen LogP contribution in [0.15, 0.2) is 0 Å². The van der Waals surface area contributed by atoms with Crippen LogP contribution >= 0.6 is 0 Å². The number of carboxylic acids is 1. The lowest BCUT2D eigenvalue weighted by atomic mass is 10.2. The summed E-state index contributed by atoms with van der Waals surface area (Å²) in [5, 5.41) is 11.3. The van der Waals surface area contributed by atoms with Crippen LogP contribution in [0.1, 0.15) is 6.42 Å². The van der Waals surface area contributed by atoms with Crippen LogP contribution in [0.4, 0.5) is 0 Å². The zero-order valence-corrected chi connectivity index (χ0v) is 5.50. The zero-order chi connectivity index (χ0) is 7.56. The van der Waals surface area contributed by atoms with Gasteiger partial charge in [-0.05, 0) is 6.42 Å². The number of rotatable bonds is 2. The number of carbonyl (C=O) groups is 1. The van der Waals surface area contributed by atoms with Crippen molar-refractivity contribution >= 4 is 5.97 Å². The number of hydrazine groups is 1. The Hall–Kier alpha value is -0.650. The summed E-state index contributed by atoms with van der Waals surface area (Å²) in [5.74, 6) is 4.31. The Kier molecular flexibility index (Phi) is 2.21. The van der Waals surface area contributed by atoms with Gasteiger partial charge < -0.3 is 10.4 Å². The van der Waals surface area contributed by atoms with Gasteiger partial charge in [0.05, 0.1) is 0 Å². The van der Waals surface area contributed by atoms with Crippen molar-refractivity contribution in [2.24, 2.45) is 5.84 Å². The molecule has 0 spiro atoms. The summed E-state index contributed by atoms with van der Waals surface area (Å²) in [5.41, 5.74) is 2.52. The monoisotopic (exact) mass is 145 g/mol. The van der Waals surface area contributed by atoms with Crippen LogP contribution in [0.2, 0.25) is 0 Å². The summed E-state index contributed by atoms with van der Waals surface area (Å²) in [6, 6.07) is -0.331. The van der Waals surface area contributed by atoms with Crippen molar-refractivity contribution in [3.8, 4) is 0 Å². The first kappa shape index (κ1) is 7.46. The standard InChI is InChI=1S/C5H11N3O2/c6-8-3-1-4(5(9)10)7-2-3/h3-4,7-8H,1-2,6H2,(H,9,10)/t3?,4-/m0/s1. The summed E-state index contributed by atoms with van der Waals surface area (Å²) in [6.07, 6.45) is 0.561. The van der Waals surface area contributed by atoms with E-state index in [1.807, 2.05) is 0 Å². The molecule has 5 heteroatoms. The summed E-state index contributed by atoms with van der Waals surface area (Å²) in [4.78, 5) is 10.3. The second-order valence-corrected chi connectivity index (χ2v) is 2.40. The summed E-state index contributed by atoms with van der Waals surface area (Å²) in [7, 11) is 0. The molecule has 0 aromatic carbocycles. The Morgan fingerprint density at radius 3 is 2.80 bits per heavy atom. The highest BCUT2D eigenvalue weighted by Crippen LogP contribution is 2.04. The number of nitrogens with two attached hydrogens (primary N) is 1. The van der Waals surface area contributed by atoms with E-state index in [0.29, 0.717) is 13.0 Å². The molecule has 0 amide bonds. The largest absolute Gasteiger partial charge is 0.480 e. The predicted octanol–water partition coefficient (Wildman–Crippen LogP) is -1.74. The van der Waals surface area contributed by atoms with Crippen LogP contribution in [0.3, 0.4) is 0 Å². The topological polar surface area (TPSA) is 87.4 Å². The van der Waals surface area contributed by atoms with Crippen molar-refractivity contribution in [3.05, 3.63) is 0 Å². The van der Waals surface area contributed by atoms with Gasteiger partial charge in [-0.1, -0.05) is 0 Å². The Labute approximate surface area is 58.6 Å². The summed E-state index contributed by atoms with van der Waals surface area (Å²) < 4.78 is 0. The molecular weight excluding hydrogens is 134 g/mol. The molecule has 0 aliphatic carbocycles. The van der Waals surface area contributed by atoms with Crippen molar-refractivity contribution in [3.63, 3.8) is 0 Å². The van der Waals surface area contributed by atoms with E-state index in [0.717, 1.165) is 0 Å². The molecule has 0 bridgehead atoms. The molecule has 2 atom stereocenters. The fourth-order valence-electron chi connectivity index (χ4n) is 1.05. The number of aliphatic carboxylic acids is 1. The SMILES string of the molecule is NNC1CN[C@H](C(=O)O)C1. The number of nitrogens with one attached hydrogen (secondary N) is 2. The van der Waals surface area contributed by atoms with Crippen molar-refractivity contribution in [2.75, 3.05) is 6.54 Å². The fourth-order valence-corrected chi connectivity index (χ4v) is 1.05.